The molecular weight excluding hydrogens is 301 g/mol. The second kappa shape index (κ2) is 7.72. The fraction of sp³-hybridized carbons (Fsp3) is 0.500. The Bertz CT molecular complexity index is 466. The first-order chi connectivity index (χ1) is 9.35. The highest BCUT2D eigenvalue weighted by molar-refractivity contribution is 6.35. The highest BCUT2D eigenvalue weighted by Gasteiger charge is 2.21. The molecule has 6 heteroatoms. The molecule has 0 spiro atoms. The van der Waals surface area contributed by atoms with Crippen molar-refractivity contribution in [1.29, 1.82) is 0 Å². The number of nitrogens with one attached hydrogen (secondary N) is 1. The van der Waals surface area contributed by atoms with Gasteiger partial charge in [-0.25, -0.2) is 0 Å². The summed E-state index contributed by atoms with van der Waals surface area (Å²) in [6.07, 6.45) is -0.721. The van der Waals surface area contributed by atoms with Crippen LogP contribution in [0.5, 0.6) is 5.75 Å². The highest BCUT2D eigenvalue weighted by Crippen LogP contribution is 2.28. The fourth-order valence-electron chi connectivity index (χ4n) is 1.54. The van der Waals surface area contributed by atoms with Crippen LogP contribution < -0.4 is 10.1 Å². The number of amides is 1. The first-order valence-corrected chi connectivity index (χ1v) is 7.13. The van der Waals surface area contributed by atoms with Crippen molar-refractivity contribution in [3.63, 3.8) is 0 Å². The summed E-state index contributed by atoms with van der Waals surface area (Å²) < 4.78 is 5.50. The van der Waals surface area contributed by atoms with Gasteiger partial charge in [0.05, 0.1) is 17.7 Å². The van der Waals surface area contributed by atoms with E-state index in [4.69, 9.17) is 27.9 Å². The molecule has 0 radical (unpaired) electrons. The number of benzene rings is 1. The number of aliphatic hydroxyl groups is 1. The van der Waals surface area contributed by atoms with E-state index in [-0.39, 0.29) is 24.5 Å². The van der Waals surface area contributed by atoms with Gasteiger partial charge in [-0.05, 0) is 31.0 Å². The van der Waals surface area contributed by atoms with E-state index in [9.17, 15) is 9.90 Å². The van der Waals surface area contributed by atoms with Gasteiger partial charge in [0, 0.05) is 5.02 Å². The van der Waals surface area contributed by atoms with E-state index in [0.29, 0.717) is 15.8 Å². The van der Waals surface area contributed by atoms with E-state index in [1.165, 1.54) is 0 Å². The Morgan fingerprint density at radius 2 is 2.00 bits per heavy atom. The summed E-state index contributed by atoms with van der Waals surface area (Å²) in [5, 5.41) is 12.8. The van der Waals surface area contributed by atoms with Crippen LogP contribution in [0.15, 0.2) is 18.2 Å². The second-order valence-corrected chi connectivity index (χ2v) is 5.72. The lowest BCUT2D eigenvalue weighted by Gasteiger charge is -2.23. The first kappa shape index (κ1) is 17.1. The molecule has 1 rings (SSSR count). The zero-order valence-corrected chi connectivity index (χ0v) is 13.2. The molecule has 0 saturated carbocycles. The molecule has 1 amide bonds. The lowest BCUT2D eigenvalue weighted by atomic mass is 10.1. The summed E-state index contributed by atoms with van der Waals surface area (Å²) in [7, 11) is 0. The van der Waals surface area contributed by atoms with Crippen molar-refractivity contribution >= 4 is 29.1 Å². The number of rotatable bonds is 6. The van der Waals surface area contributed by atoms with Crippen molar-refractivity contribution in [2.75, 3.05) is 6.61 Å². The van der Waals surface area contributed by atoms with Crippen LogP contribution in [-0.4, -0.2) is 29.8 Å². The molecule has 1 aromatic rings. The minimum absolute atomic E-state index is 0.113. The maximum atomic E-state index is 12.0. The number of halogens is 2. The molecule has 0 aliphatic carbocycles. The summed E-state index contributed by atoms with van der Waals surface area (Å²) in [6.45, 7) is 5.35. The number of carbonyl (C=O) groups is 1. The molecule has 4 nitrogen and oxygen atoms in total. The molecule has 1 unspecified atom stereocenters. The monoisotopic (exact) mass is 319 g/mol. The van der Waals surface area contributed by atoms with Gasteiger partial charge in [0.25, 0.3) is 5.91 Å². The van der Waals surface area contributed by atoms with Gasteiger partial charge in [-0.2, -0.15) is 0 Å². The SMILES string of the molecule is CC(Oc1ccc(Cl)cc1Cl)C(=O)N[C@H](CO)C(C)C. The van der Waals surface area contributed by atoms with Crippen LogP contribution in [0.3, 0.4) is 0 Å². The van der Waals surface area contributed by atoms with Gasteiger partial charge in [-0.15, -0.1) is 0 Å². The normalized spacial score (nSPS) is 13.9. The Balaban J connectivity index is 2.65. The van der Waals surface area contributed by atoms with Gasteiger partial charge in [0.15, 0.2) is 6.10 Å². The Morgan fingerprint density at radius 1 is 1.35 bits per heavy atom. The predicted molar refractivity (Wildman–Crippen MR) is 80.4 cm³/mol. The van der Waals surface area contributed by atoms with Crippen LogP contribution in [0.4, 0.5) is 0 Å². The van der Waals surface area contributed by atoms with Crippen LogP contribution in [0, 0.1) is 5.92 Å². The Morgan fingerprint density at radius 3 is 2.50 bits per heavy atom. The number of hydrogen-bond acceptors (Lipinski definition) is 3. The van der Waals surface area contributed by atoms with Crippen LogP contribution in [0.25, 0.3) is 0 Å². The fourth-order valence-corrected chi connectivity index (χ4v) is 1.99. The summed E-state index contributed by atoms with van der Waals surface area (Å²) in [4.78, 5) is 12.0. The summed E-state index contributed by atoms with van der Waals surface area (Å²) in [6, 6.07) is 4.50. The third kappa shape index (κ3) is 4.85. The maximum Gasteiger partial charge on any atom is 0.261 e. The molecule has 20 heavy (non-hydrogen) atoms. The average Bonchev–Trinajstić information content (AvgIpc) is 2.38. The quantitative estimate of drug-likeness (QED) is 0.847. The van der Waals surface area contributed by atoms with Crippen molar-refractivity contribution in [2.24, 2.45) is 5.92 Å². The standard InChI is InChI=1S/C14H19Cl2NO3/c1-8(2)12(7-18)17-14(19)9(3)20-13-5-4-10(15)6-11(13)16/h4-6,8-9,12,18H,7H2,1-3H3,(H,17,19)/t9?,12-/m1/s1. The minimum Gasteiger partial charge on any atom is -0.479 e. The zero-order chi connectivity index (χ0) is 15.3. The first-order valence-electron chi connectivity index (χ1n) is 6.38. The lowest BCUT2D eigenvalue weighted by Crippen LogP contribution is -2.46. The van der Waals surface area contributed by atoms with Gasteiger partial charge in [-0.1, -0.05) is 37.0 Å². The number of aliphatic hydroxyl groups excluding tert-OH is 1. The van der Waals surface area contributed by atoms with Crippen LogP contribution in [-0.2, 0) is 4.79 Å². The lowest BCUT2D eigenvalue weighted by molar-refractivity contribution is -0.128. The molecule has 0 aromatic heterocycles. The van der Waals surface area contributed by atoms with E-state index < -0.39 is 6.10 Å². The summed E-state index contributed by atoms with van der Waals surface area (Å²) in [5.74, 6) is 0.225. The van der Waals surface area contributed by atoms with Gasteiger partial charge in [0.2, 0.25) is 0 Å². The Hall–Kier alpha value is -0.970. The van der Waals surface area contributed by atoms with Crippen molar-refractivity contribution in [1.82, 2.24) is 5.32 Å². The van der Waals surface area contributed by atoms with Crippen molar-refractivity contribution < 1.29 is 14.6 Å². The van der Waals surface area contributed by atoms with Crippen molar-refractivity contribution in [3.8, 4) is 5.75 Å². The topological polar surface area (TPSA) is 58.6 Å². The molecule has 2 atom stereocenters. The number of ether oxygens (including phenoxy) is 1. The molecule has 0 bridgehead atoms. The molecule has 0 heterocycles. The Kier molecular flexibility index (Phi) is 6.59. The van der Waals surface area contributed by atoms with Crippen molar-refractivity contribution in [2.45, 2.75) is 32.9 Å². The molecule has 112 valence electrons. The molecular formula is C14H19Cl2NO3. The number of hydrogen-bond donors (Lipinski definition) is 2. The van der Waals surface area contributed by atoms with Crippen LogP contribution >= 0.6 is 23.2 Å². The Labute approximate surface area is 129 Å². The molecule has 0 fully saturated rings. The number of carbonyl (C=O) groups excluding carboxylic acids is 1. The van der Waals surface area contributed by atoms with Gasteiger partial charge in [0.1, 0.15) is 5.75 Å². The molecule has 2 N–H and O–H groups in total. The molecule has 0 aliphatic rings. The zero-order valence-electron chi connectivity index (χ0n) is 11.7. The highest BCUT2D eigenvalue weighted by atomic mass is 35.5. The third-order valence-corrected chi connectivity index (χ3v) is 3.43. The molecule has 0 saturated heterocycles. The van der Waals surface area contributed by atoms with E-state index in [1.807, 2.05) is 13.8 Å². The minimum atomic E-state index is -0.721. The van der Waals surface area contributed by atoms with Gasteiger partial charge >= 0.3 is 0 Å². The third-order valence-electron chi connectivity index (χ3n) is 2.90. The average molecular weight is 320 g/mol. The predicted octanol–water partition coefficient (Wildman–Crippen LogP) is 2.89. The largest absolute Gasteiger partial charge is 0.479 e. The summed E-state index contributed by atoms with van der Waals surface area (Å²) in [5.41, 5.74) is 0. The van der Waals surface area contributed by atoms with Crippen LogP contribution in [0.2, 0.25) is 10.0 Å². The van der Waals surface area contributed by atoms with Gasteiger partial charge in [-0.3, -0.25) is 4.79 Å². The van der Waals surface area contributed by atoms with Crippen molar-refractivity contribution in [3.05, 3.63) is 28.2 Å². The summed E-state index contributed by atoms with van der Waals surface area (Å²) >= 11 is 11.8. The second-order valence-electron chi connectivity index (χ2n) is 4.88. The molecule has 1 aromatic carbocycles. The van der Waals surface area contributed by atoms with E-state index >= 15 is 0 Å². The maximum absolute atomic E-state index is 12.0. The van der Waals surface area contributed by atoms with E-state index in [0.717, 1.165) is 0 Å². The van der Waals surface area contributed by atoms with Crippen LogP contribution in [0.1, 0.15) is 20.8 Å². The van der Waals surface area contributed by atoms with E-state index in [1.54, 1.807) is 25.1 Å². The van der Waals surface area contributed by atoms with Gasteiger partial charge < -0.3 is 15.2 Å². The van der Waals surface area contributed by atoms with E-state index in [2.05, 4.69) is 5.32 Å². The smallest absolute Gasteiger partial charge is 0.261 e. The molecule has 0 aliphatic heterocycles.